The number of nitrogens with zero attached hydrogens (tertiary/aromatic N) is 2. The number of thioether (sulfide) groups is 1. The maximum Gasteiger partial charge on any atom is 0.262 e. The second-order valence-electron chi connectivity index (χ2n) is 9.05. The van der Waals surface area contributed by atoms with Gasteiger partial charge in [-0.2, -0.15) is 4.57 Å². The van der Waals surface area contributed by atoms with Gasteiger partial charge in [0.2, 0.25) is 5.52 Å². The van der Waals surface area contributed by atoms with Gasteiger partial charge in [0, 0.05) is 51.6 Å². The van der Waals surface area contributed by atoms with Gasteiger partial charge < -0.3 is 14.0 Å². The van der Waals surface area contributed by atoms with E-state index >= 15 is 0 Å². The van der Waals surface area contributed by atoms with Crippen molar-refractivity contribution in [3.8, 4) is 0 Å². The average molecular weight is 661 g/mol. The summed E-state index contributed by atoms with van der Waals surface area (Å²) in [5.74, 6) is -0.897. The summed E-state index contributed by atoms with van der Waals surface area (Å²) >= 11 is 15.5. The van der Waals surface area contributed by atoms with Crippen LogP contribution < -0.4 is 9.47 Å². The normalized spacial score (nSPS) is 15.6. The minimum atomic E-state index is -4.31. The van der Waals surface area contributed by atoms with Crippen molar-refractivity contribution in [2.45, 2.75) is 31.2 Å². The summed E-state index contributed by atoms with van der Waals surface area (Å²) in [6.45, 7) is 2.63. The molecular formula is C26H25Cl2N2O6S4-. The molecule has 0 fully saturated rings. The number of thiazole rings is 1. The van der Waals surface area contributed by atoms with Gasteiger partial charge in [-0.1, -0.05) is 64.0 Å². The van der Waals surface area contributed by atoms with Gasteiger partial charge in [0.15, 0.2) is 6.54 Å². The number of rotatable bonds is 11. The number of anilines is 1. The Morgan fingerprint density at radius 1 is 1.00 bits per heavy atom. The molecule has 214 valence electrons. The second-order valence-corrected chi connectivity index (χ2v) is 15.1. The molecule has 0 radical (unpaired) electrons. The lowest BCUT2D eigenvalue weighted by atomic mass is 10.2. The Kier molecular flexibility index (Phi) is 10.1. The average Bonchev–Trinajstić information content (AvgIpc) is 3.37. The quantitative estimate of drug-likeness (QED) is 0.144. The SMILES string of the molecule is CC(C=Cc1sc2ccc(Cl)cc2[n+]1CCCS(=O)(=O)[O-])=CC=C1Sc2ccc(Cl)cc2N1CCCS(=O)(=O)[O-]. The molecule has 0 saturated carbocycles. The molecule has 2 aromatic carbocycles. The Bertz CT molecular complexity index is 1730. The number of hydrogen-bond acceptors (Lipinski definition) is 9. The molecule has 14 heteroatoms. The van der Waals surface area contributed by atoms with Crippen LogP contribution in [0, 0.1) is 0 Å². The van der Waals surface area contributed by atoms with Crippen LogP contribution in [-0.2, 0) is 26.8 Å². The van der Waals surface area contributed by atoms with Crippen LogP contribution in [0.5, 0.6) is 0 Å². The van der Waals surface area contributed by atoms with E-state index in [4.69, 9.17) is 23.2 Å². The van der Waals surface area contributed by atoms with E-state index in [0.29, 0.717) is 23.1 Å². The first-order valence-electron chi connectivity index (χ1n) is 12.1. The van der Waals surface area contributed by atoms with E-state index in [1.165, 1.54) is 23.1 Å². The minimum Gasteiger partial charge on any atom is -0.748 e. The van der Waals surface area contributed by atoms with Crippen LogP contribution in [-0.4, -0.2) is 44.0 Å². The lowest BCUT2D eigenvalue weighted by molar-refractivity contribution is -0.668. The largest absolute Gasteiger partial charge is 0.748 e. The number of aromatic nitrogens is 1. The van der Waals surface area contributed by atoms with E-state index in [2.05, 4.69) is 0 Å². The van der Waals surface area contributed by atoms with Gasteiger partial charge >= 0.3 is 0 Å². The van der Waals surface area contributed by atoms with Crippen LogP contribution in [0.4, 0.5) is 5.69 Å². The Balaban J connectivity index is 1.57. The van der Waals surface area contributed by atoms with Gasteiger partial charge in [-0.05, 0) is 49.8 Å². The summed E-state index contributed by atoms with van der Waals surface area (Å²) < 4.78 is 69.6. The number of allylic oxidation sites excluding steroid dienone is 4. The standard InChI is InChI=1S/C26H26Cl2N2O6S4/c1-18(4-10-25-29(12-2-14-39(31,32)33)21-16-19(27)6-8-23(21)37-25)5-11-26-30(13-3-15-40(34,35)36)22-17-20(28)7-9-24(22)38-26/h4-11,16-17H,2-3,12-15H2,1H3,(H-,31,32,33,34,35,36)/p-1. The van der Waals surface area contributed by atoms with E-state index < -0.39 is 31.7 Å². The smallest absolute Gasteiger partial charge is 0.262 e. The van der Waals surface area contributed by atoms with Gasteiger partial charge in [0.05, 0.1) is 31.0 Å². The van der Waals surface area contributed by atoms with E-state index in [9.17, 15) is 25.9 Å². The minimum absolute atomic E-state index is 0.182. The lowest BCUT2D eigenvalue weighted by Gasteiger charge is -2.21. The molecule has 0 amide bonds. The monoisotopic (exact) mass is 659 g/mol. The molecule has 1 aliphatic rings. The third-order valence-electron chi connectivity index (χ3n) is 5.91. The number of aryl methyl sites for hydroxylation is 1. The van der Waals surface area contributed by atoms with E-state index in [1.54, 1.807) is 12.1 Å². The number of halogens is 2. The molecule has 0 saturated heterocycles. The van der Waals surface area contributed by atoms with Crippen molar-refractivity contribution in [2.75, 3.05) is 23.0 Å². The summed E-state index contributed by atoms with van der Waals surface area (Å²) in [5.41, 5.74) is 2.64. The molecule has 1 aromatic heterocycles. The molecule has 1 aliphatic heterocycles. The predicted octanol–water partition coefficient (Wildman–Crippen LogP) is 5.78. The van der Waals surface area contributed by atoms with Crippen LogP contribution in [0.15, 0.2) is 70.1 Å². The summed E-state index contributed by atoms with van der Waals surface area (Å²) in [6.07, 6.45) is 8.09. The Morgan fingerprint density at radius 2 is 1.68 bits per heavy atom. The Labute approximate surface area is 252 Å². The number of benzene rings is 2. The van der Waals surface area contributed by atoms with Crippen LogP contribution in [0.25, 0.3) is 16.3 Å². The van der Waals surface area contributed by atoms with Crippen molar-refractivity contribution in [3.05, 3.63) is 80.3 Å². The highest BCUT2D eigenvalue weighted by Gasteiger charge is 2.25. The van der Waals surface area contributed by atoms with E-state index in [0.717, 1.165) is 36.4 Å². The van der Waals surface area contributed by atoms with Crippen LogP contribution >= 0.6 is 46.3 Å². The van der Waals surface area contributed by atoms with Gasteiger partial charge in [-0.3, -0.25) is 0 Å². The van der Waals surface area contributed by atoms with Gasteiger partial charge in [0.25, 0.3) is 5.01 Å². The predicted molar refractivity (Wildman–Crippen MR) is 161 cm³/mol. The first-order valence-corrected chi connectivity index (χ1v) is 17.6. The number of fused-ring (bicyclic) bond motifs is 2. The zero-order valence-electron chi connectivity index (χ0n) is 21.2. The maximum atomic E-state index is 11.1. The Hall–Kier alpha value is -1.90. The molecule has 0 atom stereocenters. The van der Waals surface area contributed by atoms with Gasteiger partial charge in [-0.25, -0.2) is 16.8 Å². The van der Waals surface area contributed by atoms with Crippen LogP contribution in [0.3, 0.4) is 0 Å². The van der Waals surface area contributed by atoms with Gasteiger partial charge in [-0.15, -0.1) is 0 Å². The summed E-state index contributed by atoms with van der Waals surface area (Å²) in [7, 11) is -8.62. The highest BCUT2D eigenvalue weighted by Crippen LogP contribution is 2.47. The third-order valence-corrected chi connectivity index (χ3v) is 10.2. The fraction of sp³-hybridized carbons (Fsp3) is 0.269. The maximum absolute atomic E-state index is 11.1. The highest BCUT2D eigenvalue weighted by molar-refractivity contribution is 8.03. The van der Waals surface area contributed by atoms with Crippen molar-refractivity contribution in [1.29, 1.82) is 0 Å². The first kappa shape index (κ1) is 31.0. The highest BCUT2D eigenvalue weighted by atomic mass is 35.5. The third kappa shape index (κ3) is 8.56. The van der Waals surface area contributed by atoms with Crippen molar-refractivity contribution >= 4 is 88.5 Å². The van der Waals surface area contributed by atoms with E-state index in [-0.39, 0.29) is 12.8 Å². The van der Waals surface area contributed by atoms with Crippen LogP contribution in [0.2, 0.25) is 10.0 Å². The molecule has 8 nitrogen and oxygen atoms in total. The zero-order chi connectivity index (χ0) is 29.1. The lowest BCUT2D eigenvalue weighted by Crippen LogP contribution is -2.36. The summed E-state index contributed by atoms with van der Waals surface area (Å²) in [4.78, 5) is 2.94. The van der Waals surface area contributed by atoms with Crippen LogP contribution in [0.1, 0.15) is 24.8 Å². The molecule has 0 aliphatic carbocycles. The fourth-order valence-electron chi connectivity index (χ4n) is 4.12. The molecule has 40 heavy (non-hydrogen) atoms. The molecular weight excluding hydrogens is 635 g/mol. The zero-order valence-corrected chi connectivity index (χ0v) is 26.0. The molecule has 0 bridgehead atoms. The van der Waals surface area contributed by atoms with Crippen molar-refractivity contribution in [3.63, 3.8) is 0 Å². The molecule has 0 unspecified atom stereocenters. The number of hydrogen-bond donors (Lipinski definition) is 0. The molecule has 2 heterocycles. The van der Waals surface area contributed by atoms with Crippen molar-refractivity contribution < 1.29 is 30.5 Å². The van der Waals surface area contributed by atoms with Crippen molar-refractivity contribution in [2.24, 2.45) is 0 Å². The fourth-order valence-corrected chi connectivity index (χ4v) is 7.56. The topological polar surface area (TPSA) is 122 Å². The molecule has 4 rings (SSSR count). The first-order chi connectivity index (χ1) is 18.8. The summed E-state index contributed by atoms with van der Waals surface area (Å²) in [5, 5.41) is 2.86. The van der Waals surface area contributed by atoms with Crippen molar-refractivity contribution in [1.82, 2.24) is 0 Å². The molecule has 3 aromatic rings. The van der Waals surface area contributed by atoms with Gasteiger partial charge in [0.1, 0.15) is 4.70 Å². The Morgan fingerprint density at radius 3 is 2.40 bits per heavy atom. The van der Waals surface area contributed by atoms with E-state index in [1.807, 2.05) is 65.0 Å². The molecule has 0 spiro atoms. The summed E-state index contributed by atoms with van der Waals surface area (Å²) in [6, 6.07) is 11.0. The second kappa shape index (κ2) is 13.0. The molecule has 0 N–H and O–H groups in total.